The highest BCUT2D eigenvalue weighted by molar-refractivity contribution is 6.05. The van der Waals surface area contributed by atoms with Crippen LogP contribution in [0.5, 0.6) is 0 Å². The number of nitrogens with one attached hydrogen (secondary N) is 1. The van der Waals surface area contributed by atoms with E-state index < -0.39 is 6.04 Å². The quantitative estimate of drug-likeness (QED) is 0.580. The molecule has 1 unspecified atom stereocenters. The summed E-state index contributed by atoms with van der Waals surface area (Å²) in [5, 5.41) is 2.34. The SMILES string of the molecule is NCCCCCCc1cccc2c1C(=O)N(C1CCC(=O)NC1=O)C2. The van der Waals surface area contributed by atoms with Crippen LogP contribution in [0.3, 0.4) is 0 Å². The molecule has 2 aliphatic rings. The maximum atomic E-state index is 12.9. The van der Waals surface area contributed by atoms with Gasteiger partial charge in [-0.3, -0.25) is 19.7 Å². The Morgan fingerprint density at radius 1 is 1.12 bits per heavy atom. The molecule has 1 aromatic carbocycles. The second-order valence-electron chi connectivity index (χ2n) is 6.80. The van der Waals surface area contributed by atoms with E-state index in [-0.39, 0.29) is 24.1 Å². The minimum Gasteiger partial charge on any atom is -0.330 e. The maximum Gasteiger partial charge on any atom is 0.255 e. The van der Waals surface area contributed by atoms with Crippen molar-refractivity contribution in [3.63, 3.8) is 0 Å². The second kappa shape index (κ2) is 7.78. The van der Waals surface area contributed by atoms with E-state index in [1.807, 2.05) is 18.2 Å². The van der Waals surface area contributed by atoms with Crippen molar-refractivity contribution in [2.45, 2.75) is 57.5 Å². The third-order valence-electron chi connectivity index (χ3n) is 5.04. The number of amides is 3. The van der Waals surface area contributed by atoms with Gasteiger partial charge in [0.1, 0.15) is 6.04 Å². The zero-order valence-electron chi connectivity index (χ0n) is 14.4. The number of nitrogens with two attached hydrogens (primary N) is 1. The molecule has 1 aromatic rings. The van der Waals surface area contributed by atoms with Gasteiger partial charge < -0.3 is 10.6 Å². The minimum absolute atomic E-state index is 0.0814. The van der Waals surface area contributed by atoms with Gasteiger partial charge in [-0.15, -0.1) is 0 Å². The predicted molar refractivity (Wildman–Crippen MR) is 93.7 cm³/mol. The average molecular weight is 343 g/mol. The first-order valence-corrected chi connectivity index (χ1v) is 9.07. The van der Waals surface area contributed by atoms with Crippen LogP contribution in [0.2, 0.25) is 0 Å². The predicted octanol–water partition coefficient (Wildman–Crippen LogP) is 1.51. The highest BCUT2D eigenvalue weighted by Crippen LogP contribution is 2.30. The van der Waals surface area contributed by atoms with Crippen LogP contribution in [0.4, 0.5) is 0 Å². The summed E-state index contributed by atoms with van der Waals surface area (Å²) >= 11 is 0. The molecular weight excluding hydrogens is 318 g/mol. The third-order valence-corrected chi connectivity index (χ3v) is 5.04. The molecule has 1 fully saturated rings. The van der Waals surface area contributed by atoms with Crippen molar-refractivity contribution in [3.8, 4) is 0 Å². The molecule has 2 heterocycles. The summed E-state index contributed by atoms with van der Waals surface area (Å²) < 4.78 is 0. The number of carbonyl (C=O) groups excluding carboxylic acids is 3. The van der Waals surface area contributed by atoms with Crippen LogP contribution in [-0.4, -0.2) is 35.2 Å². The van der Waals surface area contributed by atoms with Crippen LogP contribution in [0.15, 0.2) is 18.2 Å². The highest BCUT2D eigenvalue weighted by atomic mass is 16.2. The largest absolute Gasteiger partial charge is 0.330 e. The molecule has 25 heavy (non-hydrogen) atoms. The number of rotatable bonds is 7. The van der Waals surface area contributed by atoms with Crippen molar-refractivity contribution in [1.29, 1.82) is 0 Å². The molecule has 6 heteroatoms. The molecule has 3 N–H and O–H groups in total. The monoisotopic (exact) mass is 343 g/mol. The number of aryl methyl sites for hydroxylation is 1. The number of hydrogen-bond acceptors (Lipinski definition) is 4. The first kappa shape index (κ1) is 17.6. The lowest BCUT2D eigenvalue weighted by Crippen LogP contribution is -2.52. The first-order valence-electron chi connectivity index (χ1n) is 9.07. The van der Waals surface area contributed by atoms with Gasteiger partial charge in [-0.1, -0.05) is 31.0 Å². The van der Waals surface area contributed by atoms with Gasteiger partial charge in [0, 0.05) is 18.5 Å². The van der Waals surface area contributed by atoms with E-state index >= 15 is 0 Å². The number of imide groups is 1. The molecule has 3 rings (SSSR count). The molecule has 2 aliphatic heterocycles. The van der Waals surface area contributed by atoms with Crippen LogP contribution < -0.4 is 11.1 Å². The summed E-state index contributed by atoms with van der Waals surface area (Å²) in [5.74, 6) is -0.702. The molecule has 6 nitrogen and oxygen atoms in total. The lowest BCUT2D eigenvalue weighted by molar-refractivity contribution is -0.136. The summed E-state index contributed by atoms with van der Waals surface area (Å²) in [6, 6.07) is 5.40. The topological polar surface area (TPSA) is 92.5 Å². The first-order chi connectivity index (χ1) is 12.1. The van der Waals surface area contributed by atoms with E-state index in [1.54, 1.807) is 4.90 Å². The maximum absolute atomic E-state index is 12.9. The Morgan fingerprint density at radius 2 is 1.92 bits per heavy atom. The zero-order chi connectivity index (χ0) is 17.8. The van der Waals surface area contributed by atoms with Gasteiger partial charge in [-0.25, -0.2) is 0 Å². The molecule has 134 valence electrons. The van der Waals surface area contributed by atoms with Crippen molar-refractivity contribution in [3.05, 3.63) is 34.9 Å². The molecule has 0 radical (unpaired) electrons. The smallest absolute Gasteiger partial charge is 0.255 e. The minimum atomic E-state index is -0.546. The van der Waals surface area contributed by atoms with Crippen molar-refractivity contribution in [2.24, 2.45) is 5.73 Å². The van der Waals surface area contributed by atoms with Crippen LogP contribution in [0.1, 0.15) is 60.0 Å². The van der Waals surface area contributed by atoms with Gasteiger partial charge in [0.05, 0.1) is 0 Å². The molecule has 3 amide bonds. The summed E-state index contributed by atoms with van der Waals surface area (Å²) in [4.78, 5) is 38.0. The number of benzene rings is 1. The molecule has 0 aliphatic carbocycles. The Kier molecular flexibility index (Phi) is 5.48. The summed E-state index contributed by atoms with van der Waals surface area (Å²) in [7, 11) is 0. The number of unbranched alkanes of at least 4 members (excludes halogenated alkanes) is 3. The van der Waals surface area contributed by atoms with E-state index in [1.165, 1.54) is 0 Å². The standard InChI is InChI=1S/C19H25N3O3/c20-11-4-2-1-3-6-13-7-5-8-14-12-22(19(25)17(13)14)15-9-10-16(23)21-18(15)24/h5,7-8,15H,1-4,6,9-12,20H2,(H,21,23,24). The highest BCUT2D eigenvalue weighted by Gasteiger charge is 2.39. The Bertz CT molecular complexity index is 686. The Labute approximate surface area is 147 Å². The van der Waals surface area contributed by atoms with Crippen LogP contribution in [-0.2, 0) is 22.6 Å². The lowest BCUT2D eigenvalue weighted by Gasteiger charge is -2.29. The zero-order valence-corrected chi connectivity index (χ0v) is 14.4. The lowest BCUT2D eigenvalue weighted by atomic mass is 9.98. The molecule has 0 spiro atoms. The van der Waals surface area contributed by atoms with E-state index in [0.717, 1.165) is 55.3 Å². The Morgan fingerprint density at radius 3 is 2.68 bits per heavy atom. The van der Waals surface area contributed by atoms with E-state index in [4.69, 9.17) is 5.73 Å². The number of piperidine rings is 1. The van der Waals surface area contributed by atoms with Crippen molar-refractivity contribution < 1.29 is 14.4 Å². The van der Waals surface area contributed by atoms with Crippen molar-refractivity contribution in [2.75, 3.05) is 6.54 Å². The van der Waals surface area contributed by atoms with E-state index in [0.29, 0.717) is 13.0 Å². The summed E-state index contributed by atoms with van der Waals surface area (Å²) in [6.45, 7) is 1.17. The Hall–Kier alpha value is -2.21. The normalized spacial score (nSPS) is 20.0. The fourth-order valence-corrected chi connectivity index (χ4v) is 3.71. The summed E-state index contributed by atoms with van der Waals surface area (Å²) in [6.07, 6.45) is 5.83. The number of hydrogen-bond donors (Lipinski definition) is 2. The van der Waals surface area contributed by atoms with Crippen LogP contribution >= 0.6 is 0 Å². The number of carbonyl (C=O) groups is 3. The summed E-state index contributed by atoms with van der Waals surface area (Å²) in [5.41, 5.74) is 8.31. The second-order valence-corrected chi connectivity index (χ2v) is 6.80. The van der Waals surface area contributed by atoms with Gasteiger partial charge in [0.25, 0.3) is 5.91 Å². The van der Waals surface area contributed by atoms with Crippen molar-refractivity contribution >= 4 is 17.7 Å². The van der Waals surface area contributed by atoms with E-state index in [9.17, 15) is 14.4 Å². The number of nitrogens with zero attached hydrogens (tertiary/aromatic N) is 1. The molecule has 1 atom stereocenters. The van der Waals surface area contributed by atoms with Gasteiger partial charge in [0.2, 0.25) is 11.8 Å². The Balaban J connectivity index is 1.70. The molecular formula is C19H25N3O3. The van der Waals surface area contributed by atoms with Gasteiger partial charge in [-0.2, -0.15) is 0 Å². The molecule has 1 saturated heterocycles. The van der Waals surface area contributed by atoms with Crippen LogP contribution in [0, 0.1) is 0 Å². The van der Waals surface area contributed by atoms with Gasteiger partial charge >= 0.3 is 0 Å². The van der Waals surface area contributed by atoms with Gasteiger partial charge in [0.15, 0.2) is 0 Å². The van der Waals surface area contributed by atoms with Crippen molar-refractivity contribution in [1.82, 2.24) is 10.2 Å². The van der Waals surface area contributed by atoms with E-state index in [2.05, 4.69) is 5.32 Å². The molecule has 0 saturated carbocycles. The van der Waals surface area contributed by atoms with Gasteiger partial charge in [-0.05, 0) is 43.4 Å². The fraction of sp³-hybridized carbons (Fsp3) is 0.526. The number of fused-ring (bicyclic) bond motifs is 1. The van der Waals surface area contributed by atoms with Crippen LogP contribution in [0.25, 0.3) is 0 Å². The molecule has 0 bridgehead atoms. The third kappa shape index (κ3) is 3.74. The average Bonchev–Trinajstić information content (AvgIpc) is 2.92. The fourth-order valence-electron chi connectivity index (χ4n) is 3.71. The molecule has 0 aromatic heterocycles.